The minimum absolute atomic E-state index is 0.0772. The van der Waals surface area contributed by atoms with E-state index in [1.165, 1.54) is 17.4 Å². The molecule has 0 amide bonds. The summed E-state index contributed by atoms with van der Waals surface area (Å²) in [5.41, 5.74) is 6.17. The summed E-state index contributed by atoms with van der Waals surface area (Å²) in [6, 6.07) is 6.88. The maximum Gasteiger partial charge on any atom is 0.217 e. The van der Waals surface area contributed by atoms with Gasteiger partial charge in [0.2, 0.25) is 10.0 Å². The normalized spacial score (nSPS) is 11.4. The number of nitrogens with two attached hydrogens (primary N) is 1. The van der Waals surface area contributed by atoms with Crippen molar-refractivity contribution >= 4 is 15.7 Å². The molecular weight excluding hydrogens is 252 g/mol. The largest absolute Gasteiger partial charge is 0.492 e. The zero-order valence-corrected chi connectivity index (χ0v) is 11.2. The van der Waals surface area contributed by atoms with Crippen molar-refractivity contribution in [2.24, 2.45) is 0 Å². The molecule has 5 nitrogen and oxygen atoms in total. The summed E-state index contributed by atoms with van der Waals surface area (Å²) in [5.74, 6) is 0.489. The van der Waals surface area contributed by atoms with E-state index in [4.69, 9.17) is 10.5 Å². The summed E-state index contributed by atoms with van der Waals surface area (Å²) in [5, 5.41) is 0. The molecule has 0 saturated heterocycles. The Kier molecular flexibility index (Phi) is 5.18. The molecule has 1 rings (SSSR count). The average Bonchev–Trinajstić information content (AvgIpc) is 2.29. The maximum absolute atomic E-state index is 11.8. The van der Waals surface area contributed by atoms with Gasteiger partial charge in [-0.2, -0.15) is 0 Å². The number of hydrogen-bond acceptors (Lipinski definition) is 4. The van der Waals surface area contributed by atoms with Gasteiger partial charge in [-0.25, -0.2) is 12.7 Å². The first-order chi connectivity index (χ1) is 8.45. The van der Waals surface area contributed by atoms with Crippen LogP contribution in [-0.2, 0) is 10.0 Å². The highest BCUT2D eigenvalue weighted by Gasteiger charge is 2.16. The van der Waals surface area contributed by atoms with Crippen molar-refractivity contribution in [2.75, 3.05) is 31.7 Å². The van der Waals surface area contributed by atoms with Crippen molar-refractivity contribution in [3.05, 3.63) is 36.9 Å². The smallest absolute Gasteiger partial charge is 0.217 e. The first-order valence-corrected chi connectivity index (χ1v) is 7.10. The second kappa shape index (κ2) is 6.42. The van der Waals surface area contributed by atoms with Crippen molar-refractivity contribution in [1.82, 2.24) is 4.31 Å². The number of hydrogen-bond donors (Lipinski definition) is 1. The highest BCUT2D eigenvalue weighted by molar-refractivity contribution is 7.89. The minimum Gasteiger partial charge on any atom is -0.492 e. The summed E-state index contributed by atoms with van der Waals surface area (Å²) in [4.78, 5) is 0. The Morgan fingerprint density at radius 1 is 1.50 bits per heavy atom. The number of anilines is 1. The summed E-state index contributed by atoms with van der Waals surface area (Å²) < 4.78 is 30.1. The summed E-state index contributed by atoms with van der Waals surface area (Å²) in [7, 11) is -1.79. The van der Waals surface area contributed by atoms with Gasteiger partial charge in [0.25, 0.3) is 0 Å². The highest BCUT2D eigenvalue weighted by Crippen LogP contribution is 2.14. The second-order valence-corrected chi connectivity index (χ2v) is 6.00. The SMILES string of the molecule is C=CCN(C)S(=O)(=O)CCOc1cccc(N)c1. The molecule has 0 unspecified atom stereocenters. The van der Waals surface area contributed by atoms with Gasteiger partial charge in [0.05, 0.1) is 5.75 Å². The van der Waals surface area contributed by atoms with Gasteiger partial charge < -0.3 is 10.5 Å². The van der Waals surface area contributed by atoms with E-state index in [0.717, 1.165) is 0 Å². The minimum atomic E-state index is -3.30. The number of rotatable bonds is 7. The van der Waals surface area contributed by atoms with Crippen LogP contribution < -0.4 is 10.5 Å². The molecule has 0 fully saturated rings. The van der Waals surface area contributed by atoms with E-state index >= 15 is 0 Å². The monoisotopic (exact) mass is 270 g/mol. The van der Waals surface area contributed by atoms with Gasteiger partial charge in [0.15, 0.2) is 0 Å². The van der Waals surface area contributed by atoms with Crippen molar-refractivity contribution in [1.29, 1.82) is 0 Å². The van der Waals surface area contributed by atoms with E-state index in [9.17, 15) is 8.42 Å². The maximum atomic E-state index is 11.8. The Bertz CT molecular complexity index is 500. The predicted octanol–water partition coefficient (Wildman–Crippen LogP) is 1.10. The fraction of sp³-hybridized carbons (Fsp3) is 0.333. The zero-order valence-electron chi connectivity index (χ0n) is 10.4. The molecule has 0 aliphatic carbocycles. The molecule has 0 radical (unpaired) electrons. The lowest BCUT2D eigenvalue weighted by Crippen LogP contribution is -2.31. The number of ether oxygens (including phenoxy) is 1. The highest BCUT2D eigenvalue weighted by atomic mass is 32.2. The summed E-state index contributed by atoms with van der Waals surface area (Å²) >= 11 is 0. The lowest BCUT2D eigenvalue weighted by Gasteiger charge is -2.15. The van der Waals surface area contributed by atoms with Crippen LogP contribution in [0, 0.1) is 0 Å². The Morgan fingerprint density at radius 2 is 2.22 bits per heavy atom. The average molecular weight is 270 g/mol. The molecule has 2 N–H and O–H groups in total. The molecule has 0 bridgehead atoms. The zero-order chi connectivity index (χ0) is 13.6. The standard InChI is InChI=1S/C12H18N2O3S/c1-3-7-14(2)18(15,16)9-8-17-12-6-4-5-11(13)10-12/h3-6,10H,1,7-9,13H2,2H3. The molecule has 0 aromatic heterocycles. The van der Waals surface area contributed by atoms with Gasteiger partial charge in [-0.1, -0.05) is 12.1 Å². The van der Waals surface area contributed by atoms with Gasteiger partial charge in [-0.15, -0.1) is 6.58 Å². The Hall–Kier alpha value is -1.53. The van der Waals surface area contributed by atoms with Gasteiger partial charge in [-0.3, -0.25) is 0 Å². The fourth-order valence-corrected chi connectivity index (χ4v) is 2.26. The Labute approximate surface area is 108 Å². The van der Waals surface area contributed by atoms with E-state index < -0.39 is 10.0 Å². The van der Waals surface area contributed by atoms with Crippen LogP contribution in [0.25, 0.3) is 0 Å². The van der Waals surface area contributed by atoms with Crippen molar-refractivity contribution in [3.63, 3.8) is 0 Å². The third-order valence-electron chi connectivity index (χ3n) is 2.33. The molecule has 0 aliphatic heterocycles. The first-order valence-electron chi connectivity index (χ1n) is 5.49. The van der Waals surface area contributed by atoms with Crippen LogP contribution >= 0.6 is 0 Å². The van der Waals surface area contributed by atoms with Gasteiger partial charge in [-0.05, 0) is 12.1 Å². The van der Waals surface area contributed by atoms with Crippen LogP contribution in [0.2, 0.25) is 0 Å². The lowest BCUT2D eigenvalue weighted by molar-refractivity contribution is 0.338. The van der Waals surface area contributed by atoms with Crippen LogP contribution in [0.4, 0.5) is 5.69 Å². The van der Waals surface area contributed by atoms with E-state index in [0.29, 0.717) is 18.0 Å². The van der Waals surface area contributed by atoms with E-state index in [2.05, 4.69) is 6.58 Å². The molecular formula is C12H18N2O3S. The van der Waals surface area contributed by atoms with Gasteiger partial charge >= 0.3 is 0 Å². The van der Waals surface area contributed by atoms with E-state index in [1.807, 2.05) is 0 Å². The molecule has 1 aromatic rings. The number of nitrogens with zero attached hydrogens (tertiary/aromatic N) is 1. The molecule has 1 aromatic carbocycles. The van der Waals surface area contributed by atoms with Crippen LogP contribution in [0.1, 0.15) is 0 Å². The third kappa shape index (κ3) is 4.38. The topological polar surface area (TPSA) is 72.6 Å². The summed E-state index contributed by atoms with van der Waals surface area (Å²) in [6.45, 7) is 3.88. The Balaban J connectivity index is 2.49. The molecule has 0 heterocycles. The molecule has 0 aliphatic rings. The van der Waals surface area contributed by atoms with E-state index in [-0.39, 0.29) is 12.4 Å². The van der Waals surface area contributed by atoms with Crippen molar-refractivity contribution in [3.8, 4) is 5.75 Å². The molecule has 0 spiro atoms. The predicted molar refractivity (Wildman–Crippen MR) is 73.0 cm³/mol. The van der Waals surface area contributed by atoms with Crippen molar-refractivity contribution in [2.45, 2.75) is 0 Å². The number of nitrogen functional groups attached to an aromatic ring is 1. The molecule has 18 heavy (non-hydrogen) atoms. The van der Waals surface area contributed by atoms with Crippen molar-refractivity contribution < 1.29 is 13.2 Å². The second-order valence-electron chi connectivity index (χ2n) is 3.81. The molecule has 100 valence electrons. The Morgan fingerprint density at radius 3 is 2.83 bits per heavy atom. The lowest BCUT2D eigenvalue weighted by atomic mass is 10.3. The number of likely N-dealkylation sites (N-methyl/N-ethyl adjacent to an activating group) is 1. The molecule has 6 heteroatoms. The fourth-order valence-electron chi connectivity index (χ4n) is 1.32. The van der Waals surface area contributed by atoms with Crippen LogP contribution in [-0.4, -0.2) is 38.7 Å². The number of benzene rings is 1. The van der Waals surface area contributed by atoms with E-state index in [1.54, 1.807) is 24.3 Å². The summed E-state index contributed by atoms with van der Waals surface area (Å²) in [6.07, 6.45) is 1.54. The first kappa shape index (κ1) is 14.5. The van der Waals surface area contributed by atoms with Gasteiger partial charge in [0, 0.05) is 25.3 Å². The van der Waals surface area contributed by atoms with Crippen LogP contribution in [0.5, 0.6) is 5.75 Å². The molecule has 0 saturated carbocycles. The molecule has 0 atom stereocenters. The van der Waals surface area contributed by atoms with Crippen LogP contribution in [0.15, 0.2) is 36.9 Å². The van der Waals surface area contributed by atoms with Gasteiger partial charge in [0.1, 0.15) is 12.4 Å². The quantitative estimate of drug-likeness (QED) is 0.595. The number of sulfonamides is 1. The third-order valence-corrected chi connectivity index (χ3v) is 4.11. The van der Waals surface area contributed by atoms with Crippen LogP contribution in [0.3, 0.4) is 0 Å².